The van der Waals surface area contributed by atoms with Crippen LogP contribution >= 0.6 is 0 Å². The summed E-state index contributed by atoms with van der Waals surface area (Å²) in [5.74, 6) is 0.951. The zero-order valence-corrected chi connectivity index (χ0v) is 9.73. The third-order valence-corrected chi connectivity index (χ3v) is 4.01. The molecule has 1 aromatic carbocycles. The van der Waals surface area contributed by atoms with Gasteiger partial charge in [0.05, 0.1) is 0 Å². The Morgan fingerprint density at radius 1 is 1.19 bits per heavy atom. The lowest BCUT2D eigenvalue weighted by Gasteiger charge is -2.34. The molecule has 0 aromatic heterocycles. The summed E-state index contributed by atoms with van der Waals surface area (Å²) in [5.41, 5.74) is 1.44. The van der Waals surface area contributed by atoms with Gasteiger partial charge < -0.3 is 5.32 Å². The number of hydrogen-bond acceptors (Lipinski definition) is 2. The van der Waals surface area contributed by atoms with E-state index in [1.165, 1.54) is 38.0 Å². The van der Waals surface area contributed by atoms with Crippen LogP contribution in [0.25, 0.3) is 0 Å². The van der Waals surface area contributed by atoms with Crippen molar-refractivity contribution >= 4 is 0 Å². The maximum atomic E-state index is 3.63. The highest BCUT2D eigenvalue weighted by Gasteiger charge is 2.32. The van der Waals surface area contributed by atoms with Crippen LogP contribution in [-0.2, 0) is 6.54 Å². The van der Waals surface area contributed by atoms with Gasteiger partial charge in [-0.25, -0.2) is 0 Å². The molecule has 2 nitrogen and oxygen atoms in total. The number of likely N-dealkylation sites (tertiary alicyclic amines) is 1. The van der Waals surface area contributed by atoms with Crippen molar-refractivity contribution < 1.29 is 0 Å². The number of hydrogen-bond donors (Lipinski definition) is 1. The van der Waals surface area contributed by atoms with E-state index in [4.69, 9.17) is 0 Å². The number of fused-ring (bicyclic) bond motifs is 1. The van der Waals surface area contributed by atoms with Crippen molar-refractivity contribution in [2.45, 2.75) is 25.4 Å². The maximum Gasteiger partial charge on any atom is 0.0234 e. The van der Waals surface area contributed by atoms with Crippen molar-refractivity contribution in [3.63, 3.8) is 0 Å². The van der Waals surface area contributed by atoms with Crippen molar-refractivity contribution in [2.24, 2.45) is 5.92 Å². The molecular weight excluding hydrogens is 196 g/mol. The fourth-order valence-corrected chi connectivity index (χ4v) is 3.08. The van der Waals surface area contributed by atoms with Crippen molar-refractivity contribution in [1.82, 2.24) is 10.2 Å². The van der Waals surface area contributed by atoms with Crippen LogP contribution in [0.5, 0.6) is 0 Å². The monoisotopic (exact) mass is 216 g/mol. The van der Waals surface area contributed by atoms with Gasteiger partial charge in [0.2, 0.25) is 0 Å². The Hall–Kier alpha value is -0.860. The van der Waals surface area contributed by atoms with Gasteiger partial charge in [-0.15, -0.1) is 0 Å². The molecule has 0 unspecified atom stereocenters. The van der Waals surface area contributed by atoms with E-state index >= 15 is 0 Å². The van der Waals surface area contributed by atoms with Gasteiger partial charge in [-0.1, -0.05) is 30.3 Å². The molecule has 2 saturated heterocycles. The topological polar surface area (TPSA) is 15.3 Å². The number of nitrogens with zero attached hydrogens (tertiary/aromatic N) is 1. The average Bonchev–Trinajstić information content (AvgIpc) is 2.77. The second-order valence-electron chi connectivity index (χ2n) is 5.12. The lowest BCUT2D eigenvalue weighted by molar-refractivity contribution is 0.159. The highest BCUT2D eigenvalue weighted by molar-refractivity contribution is 5.14. The van der Waals surface area contributed by atoms with Crippen LogP contribution in [0.3, 0.4) is 0 Å². The van der Waals surface area contributed by atoms with Gasteiger partial charge >= 0.3 is 0 Å². The highest BCUT2D eigenvalue weighted by Crippen LogP contribution is 2.25. The van der Waals surface area contributed by atoms with Crippen LogP contribution in [0.2, 0.25) is 0 Å². The third-order valence-electron chi connectivity index (χ3n) is 4.01. The van der Waals surface area contributed by atoms with Gasteiger partial charge in [-0.2, -0.15) is 0 Å². The summed E-state index contributed by atoms with van der Waals surface area (Å²) in [6.07, 6.45) is 2.77. The van der Waals surface area contributed by atoms with Gasteiger partial charge in [0, 0.05) is 19.1 Å². The Balaban J connectivity index is 1.60. The smallest absolute Gasteiger partial charge is 0.0234 e. The van der Waals surface area contributed by atoms with Gasteiger partial charge in [0.1, 0.15) is 0 Å². The largest absolute Gasteiger partial charge is 0.312 e. The van der Waals surface area contributed by atoms with Crippen molar-refractivity contribution in [3.05, 3.63) is 35.9 Å². The molecule has 0 aliphatic carbocycles. The van der Waals surface area contributed by atoms with E-state index in [1.807, 2.05) is 0 Å². The van der Waals surface area contributed by atoms with Crippen LogP contribution in [0.15, 0.2) is 30.3 Å². The fourth-order valence-electron chi connectivity index (χ4n) is 3.08. The van der Waals surface area contributed by atoms with Crippen LogP contribution in [0.4, 0.5) is 0 Å². The maximum absolute atomic E-state index is 3.63. The first kappa shape index (κ1) is 10.3. The summed E-state index contributed by atoms with van der Waals surface area (Å²) < 4.78 is 0. The van der Waals surface area contributed by atoms with Crippen molar-refractivity contribution in [1.29, 1.82) is 0 Å². The van der Waals surface area contributed by atoms with E-state index in [0.29, 0.717) is 0 Å². The highest BCUT2D eigenvalue weighted by atomic mass is 15.2. The minimum atomic E-state index is 0.762. The predicted octanol–water partition coefficient (Wildman–Crippen LogP) is 1.87. The molecule has 2 heteroatoms. The van der Waals surface area contributed by atoms with Gasteiger partial charge in [-0.3, -0.25) is 4.90 Å². The SMILES string of the molecule is c1ccc(CN2CC[C@H]3CCN[C@@H]3C2)cc1. The van der Waals surface area contributed by atoms with Crippen LogP contribution in [-0.4, -0.2) is 30.6 Å². The summed E-state index contributed by atoms with van der Waals surface area (Å²) >= 11 is 0. The normalized spacial score (nSPS) is 30.2. The molecule has 1 N–H and O–H groups in total. The zero-order chi connectivity index (χ0) is 10.8. The first-order valence-electron chi connectivity index (χ1n) is 6.41. The van der Waals surface area contributed by atoms with E-state index in [2.05, 4.69) is 40.5 Å². The molecule has 0 radical (unpaired) electrons. The standard InChI is InChI=1S/C14H20N2/c1-2-4-12(5-3-1)10-16-9-7-13-6-8-15-14(13)11-16/h1-5,13-15H,6-11H2/t13-,14-/m1/s1. The van der Waals surface area contributed by atoms with Crippen LogP contribution in [0.1, 0.15) is 18.4 Å². The summed E-state index contributed by atoms with van der Waals surface area (Å²) in [6.45, 7) is 4.86. The lowest BCUT2D eigenvalue weighted by Crippen LogP contribution is -2.45. The molecule has 2 heterocycles. The third kappa shape index (κ3) is 2.13. The Bertz CT molecular complexity index is 336. The number of benzene rings is 1. The van der Waals surface area contributed by atoms with Gasteiger partial charge in [0.15, 0.2) is 0 Å². The Kier molecular flexibility index (Phi) is 2.94. The Morgan fingerprint density at radius 2 is 2.06 bits per heavy atom. The average molecular weight is 216 g/mol. The minimum absolute atomic E-state index is 0.762. The minimum Gasteiger partial charge on any atom is -0.312 e. The van der Waals surface area contributed by atoms with Crippen molar-refractivity contribution in [3.8, 4) is 0 Å². The quantitative estimate of drug-likeness (QED) is 0.812. The first-order valence-corrected chi connectivity index (χ1v) is 6.41. The van der Waals surface area contributed by atoms with E-state index in [0.717, 1.165) is 18.5 Å². The Morgan fingerprint density at radius 3 is 2.94 bits per heavy atom. The molecule has 3 rings (SSSR count). The van der Waals surface area contributed by atoms with Gasteiger partial charge in [-0.05, 0) is 37.4 Å². The van der Waals surface area contributed by atoms with E-state index < -0.39 is 0 Å². The first-order chi connectivity index (χ1) is 7.92. The summed E-state index contributed by atoms with van der Waals surface area (Å²) in [5, 5.41) is 3.63. The summed E-state index contributed by atoms with van der Waals surface area (Å²) in [4.78, 5) is 2.59. The summed E-state index contributed by atoms with van der Waals surface area (Å²) in [6, 6.07) is 11.6. The molecular formula is C14H20N2. The molecule has 0 amide bonds. The molecule has 2 fully saturated rings. The van der Waals surface area contributed by atoms with Gasteiger partial charge in [0.25, 0.3) is 0 Å². The summed E-state index contributed by atoms with van der Waals surface area (Å²) in [7, 11) is 0. The molecule has 2 aliphatic rings. The molecule has 86 valence electrons. The number of nitrogens with one attached hydrogen (secondary N) is 1. The number of piperidine rings is 1. The predicted molar refractivity (Wildman–Crippen MR) is 66.2 cm³/mol. The molecule has 1 aromatic rings. The fraction of sp³-hybridized carbons (Fsp3) is 0.571. The van der Waals surface area contributed by atoms with E-state index in [9.17, 15) is 0 Å². The number of rotatable bonds is 2. The molecule has 0 bridgehead atoms. The lowest BCUT2D eigenvalue weighted by atomic mass is 9.92. The van der Waals surface area contributed by atoms with E-state index in [1.54, 1.807) is 0 Å². The second-order valence-corrected chi connectivity index (χ2v) is 5.12. The molecule has 0 saturated carbocycles. The zero-order valence-electron chi connectivity index (χ0n) is 9.73. The van der Waals surface area contributed by atoms with Crippen LogP contribution in [0, 0.1) is 5.92 Å². The molecule has 2 aliphatic heterocycles. The van der Waals surface area contributed by atoms with Crippen LogP contribution < -0.4 is 5.32 Å². The van der Waals surface area contributed by atoms with Crippen molar-refractivity contribution in [2.75, 3.05) is 19.6 Å². The van der Waals surface area contributed by atoms with E-state index in [-0.39, 0.29) is 0 Å². The molecule has 0 spiro atoms. The second kappa shape index (κ2) is 4.56. The molecule has 2 atom stereocenters. The molecule has 16 heavy (non-hydrogen) atoms. The Labute approximate surface area is 97.6 Å².